The first-order valence-electron chi connectivity index (χ1n) is 6.71. The minimum Gasteiger partial charge on any atom is -0.344 e. The number of nitrogens with one attached hydrogen (secondary N) is 1. The second-order valence-electron chi connectivity index (χ2n) is 4.78. The van der Waals surface area contributed by atoms with Crippen molar-refractivity contribution in [2.45, 2.75) is 26.9 Å². The zero-order valence-corrected chi connectivity index (χ0v) is 12.8. The van der Waals surface area contributed by atoms with E-state index in [0.717, 1.165) is 23.4 Å². The van der Waals surface area contributed by atoms with Crippen LogP contribution in [0.25, 0.3) is 6.08 Å². The molecule has 1 aromatic carbocycles. The van der Waals surface area contributed by atoms with Crippen LogP contribution >= 0.6 is 0 Å². The molecule has 0 bridgehead atoms. The van der Waals surface area contributed by atoms with E-state index in [9.17, 15) is 13.2 Å². The normalized spacial score (nSPS) is 13.5. The molecule has 22 heavy (non-hydrogen) atoms. The Morgan fingerprint density at radius 1 is 1.27 bits per heavy atom. The summed E-state index contributed by atoms with van der Waals surface area (Å²) in [7, 11) is 0. The molecule has 0 unspecified atom stereocenters. The van der Waals surface area contributed by atoms with Gasteiger partial charge in [-0.15, -0.1) is 0 Å². The molecule has 0 aromatic heterocycles. The number of hydrogen-bond donors (Lipinski definition) is 1. The lowest BCUT2D eigenvalue weighted by Crippen LogP contribution is -2.09. The van der Waals surface area contributed by atoms with Gasteiger partial charge in [0.1, 0.15) is 5.82 Å². The molecule has 0 saturated heterocycles. The monoisotopic (exact) mass is 308 g/mol. The number of alkyl halides is 3. The van der Waals surface area contributed by atoms with Crippen LogP contribution < -0.4 is 5.32 Å². The van der Waals surface area contributed by atoms with E-state index in [0.29, 0.717) is 11.4 Å². The molecule has 0 radical (unpaired) electrons. The third-order valence-electron chi connectivity index (χ3n) is 2.70. The van der Waals surface area contributed by atoms with Crippen molar-refractivity contribution in [2.75, 3.05) is 0 Å². The van der Waals surface area contributed by atoms with Crippen molar-refractivity contribution in [2.24, 2.45) is 4.99 Å². The van der Waals surface area contributed by atoms with Crippen molar-refractivity contribution in [3.8, 4) is 0 Å². The van der Waals surface area contributed by atoms with E-state index in [1.165, 1.54) is 6.07 Å². The zero-order chi connectivity index (χ0) is 16.8. The van der Waals surface area contributed by atoms with Crippen molar-refractivity contribution in [3.63, 3.8) is 0 Å². The van der Waals surface area contributed by atoms with Crippen molar-refractivity contribution in [3.05, 3.63) is 65.1 Å². The molecule has 118 valence electrons. The molecule has 0 spiro atoms. The quantitative estimate of drug-likeness (QED) is 0.589. The van der Waals surface area contributed by atoms with Crippen LogP contribution in [0.15, 0.2) is 59.0 Å². The molecule has 1 aromatic rings. The molecular formula is C17H19F3N2. The van der Waals surface area contributed by atoms with E-state index >= 15 is 0 Å². The van der Waals surface area contributed by atoms with Gasteiger partial charge >= 0.3 is 6.18 Å². The predicted octanol–water partition coefficient (Wildman–Crippen LogP) is 5.16. The number of allylic oxidation sites excluding steroid dienone is 3. The Kier molecular flexibility index (Phi) is 6.16. The lowest BCUT2D eigenvalue weighted by molar-refractivity contribution is -0.137. The molecule has 0 aliphatic heterocycles. The Bertz CT molecular complexity index is 623. The molecule has 0 aliphatic carbocycles. The van der Waals surface area contributed by atoms with Crippen LogP contribution in [-0.4, -0.2) is 6.21 Å². The molecule has 0 saturated carbocycles. The summed E-state index contributed by atoms with van der Waals surface area (Å²) in [5, 5.41) is 3.01. The summed E-state index contributed by atoms with van der Waals surface area (Å²) < 4.78 is 38.0. The number of nitrogens with zero attached hydrogens (tertiary/aromatic N) is 1. The highest BCUT2D eigenvalue weighted by Gasteiger charge is 2.30. The highest BCUT2D eigenvalue weighted by Crippen LogP contribution is 2.29. The van der Waals surface area contributed by atoms with E-state index in [4.69, 9.17) is 0 Å². The number of hydrogen-bond acceptors (Lipinski definition) is 2. The first-order valence-corrected chi connectivity index (χ1v) is 6.71. The highest BCUT2D eigenvalue weighted by atomic mass is 19.4. The van der Waals surface area contributed by atoms with Gasteiger partial charge in [0.2, 0.25) is 0 Å². The Morgan fingerprint density at radius 3 is 2.50 bits per heavy atom. The molecule has 1 rings (SSSR count). The molecule has 0 aliphatic rings. The van der Waals surface area contributed by atoms with Crippen molar-refractivity contribution < 1.29 is 13.2 Å². The molecule has 0 heterocycles. The summed E-state index contributed by atoms with van der Waals surface area (Å²) in [6.07, 6.45) is 0.629. The minimum atomic E-state index is -4.34. The Morgan fingerprint density at radius 2 is 1.95 bits per heavy atom. The number of halogens is 3. The van der Waals surface area contributed by atoms with Crippen LogP contribution in [0.1, 0.15) is 31.9 Å². The fourth-order valence-electron chi connectivity index (χ4n) is 1.68. The summed E-state index contributed by atoms with van der Waals surface area (Å²) in [6.45, 7) is 9.15. The first kappa shape index (κ1) is 17.8. The Balaban J connectivity index is 3.06. The van der Waals surface area contributed by atoms with Gasteiger partial charge in [-0.2, -0.15) is 13.2 Å². The second-order valence-corrected chi connectivity index (χ2v) is 4.78. The number of benzene rings is 1. The maximum absolute atomic E-state index is 12.7. The molecule has 0 fully saturated rings. The fraction of sp³-hybridized carbons (Fsp3) is 0.235. The standard InChI is InChI=1S/C17H19F3N2/c1-5-21-16(22-12(2)3)13(4)9-10-14-7-6-8-15(11-14)17(18,19)20/h5-11,22H,2H2,1,3-4H3/b10-9+,16-13+,21-5-. The average Bonchev–Trinajstić information content (AvgIpc) is 2.43. The summed E-state index contributed by atoms with van der Waals surface area (Å²) in [5.41, 5.74) is 1.33. The summed E-state index contributed by atoms with van der Waals surface area (Å²) in [6, 6.07) is 5.17. The lowest BCUT2D eigenvalue weighted by atomic mass is 10.1. The van der Waals surface area contributed by atoms with Crippen LogP contribution in [-0.2, 0) is 6.18 Å². The van der Waals surface area contributed by atoms with Gasteiger partial charge in [-0.05, 0) is 44.0 Å². The SMILES string of the molecule is C=C(C)NC(/N=C\C)=C(C)/C=C/c1cccc(C(F)(F)F)c1. The van der Waals surface area contributed by atoms with Crippen LogP contribution in [0.3, 0.4) is 0 Å². The van der Waals surface area contributed by atoms with Crippen molar-refractivity contribution in [1.82, 2.24) is 5.32 Å². The van der Waals surface area contributed by atoms with Gasteiger partial charge in [0.15, 0.2) is 0 Å². The third kappa shape index (κ3) is 5.60. The first-order chi connectivity index (χ1) is 10.2. The van der Waals surface area contributed by atoms with Crippen LogP contribution in [0.4, 0.5) is 13.2 Å². The van der Waals surface area contributed by atoms with Gasteiger partial charge in [-0.25, -0.2) is 4.99 Å². The summed E-state index contributed by atoms with van der Waals surface area (Å²) >= 11 is 0. The Hall–Kier alpha value is -2.30. The molecule has 5 heteroatoms. The smallest absolute Gasteiger partial charge is 0.344 e. The van der Waals surface area contributed by atoms with E-state index in [1.807, 2.05) is 6.92 Å². The third-order valence-corrected chi connectivity index (χ3v) is 2.70. The maximum Gasteiger partial charge on any atom is 0.416 e. The highest BCUT2D eigenvalue weighted by molar-refractivity contribution is 5.58. The van der Waals surface area contributed by atoms with Gasteiger partial charge in [-0.3, -0.25) is 0 Å². The molecule has 2 nitrogen and oxygen atoms in total. The number of rotatable bonds is 5. The largest absolute Gasteiger partial charge is 0.416 e. The van der Waals surface area contributed by atoms with E-state index in [1.54, 1.807) is 38.3 Å². The zero-order valence-electron chi connectivity index (χ0n) is 12.8. The average molecular weight is 308 g/mol. The van der Waals surface area contributed by atoms with Gasteiger partial charge in [0.25, 0.3) is 0 Å². The molecule has 0 amide bonds. The van der Waals surface area contributed by atoms with Gasteiger partial charge in [0.05, 0.1) is 5.56 Å². The maximum atomic E-state index is 12.7. The van der Waals surface area contributed by atoms with Crippen LogP contribution in [0.5, 0.6) is 0 Å². The van der Waals surface area contributed by atoms with Crippen LogP contribution in [0.2, 0.25) is 0 Å². The number of aliphatic imine (C=N–C) groups is 1. The van der Waals surface area contributed by atoms with Crippen molar-refractivity contribution in [1.29, 1.82) is 0 Å². The van der Waals surface area contributed by atoms with Crippen molar-refractivity contribution >= 4 is 12.3 Å². The summed E-state index contributed by atoms with van der Waals surface area (Å²) in [4.78, 5) is 4.18. The van der Waals surface area contributed by atoms with Gasteiger partial charge in [-0.1, -0.05) is 30.9 Å². The lowest BCUT2D eigenvalue weighted by Gasteiger charge is -2.08. The molecule has 0 atom stereocenters. The van der Waals surface area contributed by atoms with Gasteiger partial charge in [0, 0.05) is 11.9 Å². The van der Waals surface area contributed by atoms with E-state index in [2.05, 4.69) is 16.9 Å². The second kappa shape index (κ2) is 7.64. The molecular weight excluding hydrogens is 289 g/mol. The Labute approximate surface area is 128 Å². The minimum absolute atomic E-state index is 0.476. The molecule has 1 N–H and O–H groups in total. The van der Waals surface area contributed by atoms with E-state index in [-0.39, 0.29) is 0 Å². The predicted molar refractivity (Wildman–Crippen MR) is 85.3 cm³/mol. The summed E-state index contributed by atoms with van der Waals surface area (Å²) in [5.74, 6) is 0.609. The fourth-order valence-corrected chi connectivity index (χ4v) is 1.68. The van der Waals surface area contributed by atoms with E-state index < -0.39 is 11.7 Å². The van der Waals surface area contributed by atoms with Crippen LogP contribution in [0, 0.1) is 0 Å². The topological polar surface area (TPSA) is 24.4 Å². The van der Waals surface area contributed by atoms with Gasteiger partial charge < -0.3 is 5.32 Å².